The third-order valence-corrected chi connectivity index (χ3v) is 8.08. The van der Waals surface area contributed by atoms with Crippen LogP contribution in [-0.4, -0.2) is 47.1 Å². The Bertz CT molecular complexity index is 1610. The van der Waals surface area contributed by atoms with E-state index < -0.39 is 53.5 Å². The topological polar surface area (TPSA) is 91.6 Å². The smallest absolute Gasteiger partial charge is 0.416 e. The number of pyridine rings is 1. The van der Waals surface area contributed by atoms with Crippen LogP contribution in [0.15, 0.2) is 47.4 Å². The van der Waals surface area contributed by atoms with Crippen LogP contribution in [0.5, 0.6) is 0 Å². The number of benzene rings is 2. The van der Waals surface area contributed by atoms with Crippen molar-refractivity contribution in [1.29, 1.82) is 0 Å². The zero-order valence-electron chi connectivity index (χ0n) is 27.4. The number of amides is 1. The van der Waals surface area contributed by atoms with E-state index in [1.54, 1.807) is 32.0 Å². The Morgan fingerprint density at radius 1 is 1.00 bits per heavy atom. The zero-order valence-corrected chi connectivity index (χ0v) is 27.4. The molecule has 0 saturated carbocycles. The van der Waals surface area contributed by atoms with E-state index in [4.69, 9.17) is 0 Å². The fourth-order valence-corrected chi connectivity index (χ4v) is 5.68. The molecule has 2 aromatic carbocycles. The third-order valence-electron chi connectivity index (χ3n) is 8.08. The quantitative estimate of drug-likeness (QED) is 0.195. The molecular weight excluding hydrogens is 602 g/mol. The number of likely N-dealkylation sites (N-methyl/N-ethyl adjacent to an activating group) is 1. The van der Waals surface area contributed by atoms with Gasteiger partial charge in [-0.3, -0.25) is 14.4 Å². The molecule has 3 rings (SSSR count). The van der Waals surface area contributed by atoms with Gasteiger partial charge in [0.2, 0.25) is 5.91 Å². The maximum absolute atomic E-state index is 15.7. The molecule has 250 valence electrons. The van der Waals surface area contributed by atoms with E-state index in [2.05, 4.69) is 5.32 Å². The number of rotatable bonds is 13. The van der Waals surface area contributed by atoms with Gasteiger partial charge < -0.3 is 19.9 Å². The second-order valence-corrected chi connectivity index (χ2v) is 12.6. The Hall–Kier alpha value is -3.99. The number of carboxylic acid groups (broad SMARTS) is 1. The summed E-state index contributed by atoms with van der Waals surface area (Å²) in [6.07, 6.45) is -3.86. The minimum absolute atomic E-state index is 0.0299. The maximum atomic E-state index is 15.7. The number of hydrogen-bond donors (Lipinski definition) is 2. The maximum Gasteiger partial charge on any atom is 0.416 e. The van der Waals surface area contributed by atoms with Crippen molar-refractivity contribution >= 4 is 11.9 Å². The van der Waals surface area contributed by atoms with Crippen molar-refractivity contribution in [2.24, 2.45) is 5.92 Å². The van der Waals surface area contributed by atoms with Crippen molar-refractivity contribution in [2.75, 3.05) is 20.6 Å². The van der Waals surface area contributed by atoms with Gasteiger partial charge in [-0.1, -0.05) is 32.0 Å². The van der Waals surface area contributed by atoms with E-state index in [-0.39, 0.29) is 42.0 Å². The first kappa shape index (κ1) is 36.5. The highest BCUT2D eigenvalue weighted by atomic mass is 19.4. The molecule has 7 nitrogen and oxygen atoms in total. The molecule has 1 aromatic heterocycles. The molecule has 1 amide bonds. The summed E-state index contributed by atoms with van der Waals surface area (Å²) < 4.78 is 58.5. The lowest BCUT2D eigenvalue weighted by Gasteiger charge is -2.26. The third kappa shape index (κ3) is 9.05. The molecular formula is C35H43F4N3O4. The van der Waals surface area contributed by atoms with Gasteiger partial charge in [0.15, 0.2) is 0 Å². The fraction of sp³-hybridized carbons (Fsp3) is 0.457. The first-order valence-corrected chi connectivity index (χ1v) is 15.3. The molecule has 0 spiro atoms. The average molecular weight is 646 g/mol. The number of aromatic nitrogens is 1. The number of carboxylic acids is 1. The summed E-state index contributed by atoms with van der Waals surface area (Å²) in [4.78, 5) is 40.9. The number of halogens is 4. The Morgan fingerprint density at radius 3 is 2.17 bits per heavy atom. The number of aryl methyl sites for hydroxylation is 3. The normalized spacial score (nSPS) is 13.2. The van der Waals surface area contributed by atoms with Gasteiger partial charge in [-0.15, -0.1) is 0 Å². The van der Waals surface area contributed by atoms with Crippen LogP contribution in [0.1, 0.15) is 78.6 Å². The summed E-state index contributed by atoms with van der Waals surface area (Å²) in [6.45, 7) is 9.43. The molecule has 0 aliphatic rings. The Balaban J connectivity index is 2.15. The van der Waals surface area contributed by atoms with E-state index in [0.717, 1.165) is 27.5 Å². The van der Waals surface area contributed by atoms with Crippen LogP contribution in [0, 0.1) is 32.5 Å². The molecule has 46 heavy (non-hydrogen) atoms. The van der Waals surface area contributed by atoms with E-state index in [1.807, 2.05) is 45.9 Å². The molecule has 0 fully saturated rings. The molecule has 1 heterocycles. The molecule has 3 aromatic rings. The molecule has 0 bridgehead atoms. The lowest BCUT2D eigenvalue weighted by Crippen LogP contribution is -2.40. The highest BCUT2D eigenvalue weighted by Gasteiger charge is 2.36. The van der Waals surface area contributed by atoms with Gasteiger partial charge in [-0.2, -0.15) is 13.2 Å². The number of carbonyl (C=O) groups excluding carboxylic acids is 1. The minimum atomic E-state index is -4.78. The lowest BCUT2D eigenvalue weighted by molar-refractivity contribution is -0.139. The predicted molar refractivity (Wildman–Crippen MR) is 170 cm³/mol. The SMILES string of the molecule is Cc1cc(-c2c(C)cccc2C)cc(C(CC(=O)O)NC(=O)C(CCC(C)C)n2cc(CCN(C)C)c(C(F)(F)F)cc2=O)c1F. The molecule has 2 atom stereocenters. The summed E-state index contributed by atoms with van der Waals surface area (Å²) in [7, 11) is 3.42. The first-order chi connectivity index (χ1) is 21.4. The van der Waals surface area contributed by atoms with Gasteiger partial charge >= 0.3 is 12.1 Å². The second-order valence-electron chi connectivity index (χ2n) is 12.6. The highest BCUT2D eigenvalue weighted by molar-refractivity contribution is 5.82. The van der Waals surface area contributed by atoms with Crippen molar-refractivity contribution < 1.29 is 32.3 Å². The predicted octanol–water partition coefficient (Wildman–Crippen LogP) is 7.01. The number of nitrogens with zero attached hydrogens (tertiary/aromatic N) is 2. The Labute approximate surface area is 267 Å². The van der Waals surface area contributed by atoms with E-state index in [0.29, 0.717) is 18.1 Å². The van der Waals surface area contributed by atoms with Gasteiger partial charge in [0.25, 0.3) is 5.56 Å². The summed E-state index contributed by atoms with van der Waals surface area (Å²) in [5.74, 6) is -2.69. The van der Waals surface area contributed by atoms with Crippen molar-refractivity contribution in [2.45, 2.75) is 78.6 Å². The van der Waals surface area contributed by atoms with Crippen LogP contribution in [-0.2, 0) is 22.2 Å². The lowest BCUT2D eigenvalue weighted by atomic mass is 9.90. The van der Waals surface area contributed by atoms with Crippen LogP contribution < -0.4 is 10.9 Å². The minimum Gasteiger partial charge on any atom is -0.481 e. The number of carbonyl (C=O) groups is 2. The average Bonchev–Trinajstić information content (AvgIpc) is 2.93. The number of nitrogens with one attached hydrogen (secondary N) is 1. The number of alkyl halides is 3. The van der Waals surface area contributed by atoms with Gasteiger partial charge in [-0.25, -0.2) is 4.39 Å². The van der Waals surface area contributed by atoms with Crippen LogP contribution in [0.25, 0.3) is 11.1 Å². The van der Waals surface area contributed by atoms with E-state index >= 15 is 4.39 Å². The Kier molecular flexibility index (Phi) is 11.9. The van der Waals surface area contributed by atoms with Crippen LogP contribution in [0.3, 0.4) is 0 Å². The molecule has 2 N–H and O–H groups in total. The van der Waals surface area contributed by atoms with E-state index in [1.165, 1.54) is 6.07 Å². The molecule has 0 saturated heterocycles. The van der Waals surface area contributed by atoms with E-state index in [9.17, 15) is 32.7 Å². The van der Waals surface area contributed by atoms with Crippen molar-refractivity contribution in [3.8, 4) is 11.1 Å². The molecule has 0 aliphatic carbocycles. The van der Waals surface area contributed by atoms with Gasteiger partial charge in [0, 0.05) is 24.4 Å². The van der Waals surface area contributed by atoms with Gasteiger partial charge in [0.05, 0.1) is 18.0 Å². The fourth-order valence-electron chi connectivity index (χ4n) is 5.68. The summed E-state index contributed by atoms with van der Waals surface area (Å²) in [5.41, 5.74) is 1.34. The Morgan fingerprint density at radius 2 is 1.63 bits per heavy atom. The highest BCUT2D eigenvalue weighted by Crippen LogP contribution is 2.35. The number of hydrogen-bond acceptors (Lipinski definition) is 4. The molecule has 2 unspecified atom stereocenters. The number of aliphatic carboxylic acids is 1. The standard InChI is InChI=1S/C35H43F4N3O4/c1-20(2)11-12-29(42-19-24(13-14-41(6)7)27(17-30(42)43)35(37,38)39)34(46)40-28(18-31(44)45)26-16-25(15-23(5)33(26)36)32-21(3)9-8-10-22(32)4/h8-10,15-17,19-20,28-29H,11-14,18H2,1-7H3,(H,40,46)(H,44,45). The molecule has 11 heteroatoms. The molecule has 0 aliphatic heterocycles. The summed E-state index contributed by atoms with van der Waals surface area (Å²) in [5, 5.41) is 12.4. The van der Waals surface area contributed by atoms with Crippen molar-refractivity contribution in [3.63, 3.8) is 0 Å². The monoisotopic (exact) mass is 645 g/mol. The van der Waals surface area contributed by atoms with Crippen molar-refractivity contribution in [1.82, 2.24) is 14.8 Å². The van der Waals surface area contributed by atoms with Gasteiger partial charge in [0.1, 0.15) is 11.9 Å². The van der Waals surface area contributed by atoms with Crippen molar-refractivity contribution in [3.05, 3.63) is 92.1 Å². The van der Waals surface area contributed by atoms with Crippen LogP contribution in [0.4, 0.5) is 17.6 Å². The van der Waals surface area contributed by atoms with Gasteiger partial charge in [-0.05, 0) is 106 Å². The summed E-state index contributed by atoms with van der Waals surface area (Å²) in [6, 6.07) is 6.81. The zero-order chi connectivity index (χ0) is 34.5. The second kappa shape index (κ2) is 15.1. The van der Waals surface area contributed by atoms with Crippen LogP contribution >= 0.6 is 0 Å². The largest absolute Gasteiger partial charge is 0.481 e. The van der Waals surface area contributed by atoms with Crippen LogP contribution in [0.2, 0.25) is 0 Å². The first-order valence-electron chi connectivity index (χ1n) is 15.3. The summed E-state index contributed by atoms with van der Waals surface area (Å²) >= 11 is 0. The molecule has 0 radical (unpaired) electrons.